The summed E-state index contributed by atoms with van der Waals surface area (Å²) in [5, 5.41) is 7.33. The fourth-order valence-corrected chi connectivity index (χ4v) is 4.71. The van der Waals surface area contributed by atoms with Gasteiger partial charge in [0.2, 0.25) is 23.6 Å². The topological polar surface area (TPSA) is 168 Å². The molecule has 0 saturated carbocycles. The zero-order valence-electron chi connectivity index (χ0n) is 22.5. The van der Waals surface area contributed by atoms with Crippen LogP contribution in [0.25, 0.3) is 0 Å². The predicted molar refractivity (Wildman–Crippen MR) is 138 cm³/mol. The first-order valence-corrected chi connectivity index (χ1v) is 13.6. The number of urea groups is 1. The zero-order valence-corrected chi connectivity index (χ0v) is 22.3. The molecule has 3 atom stereocenters. The second-order valence-corrected chi connectivity index (χ2v) is 10.3. The lowest BCUT2D eigenvalue weighted by Gasteiger charge is -2.24. The maximum atomic E-state index is 13.0. The third kappa shape index (κ3) is 10.5. The highest BCUT2D eigenvalue weighted by Crippen LogP contribution is 2.23. The summed E-state index contributed by atoms with van der Waals surface area (Å²) in [5.74, 6) is -2.15. The normalized spacial score (nSPS) is 17.5. The van der Waals surface area contributed by atoms with E-state index in [2.05, 4.69) is 16.0 Å². The SMILES string of the molecule is [2H]CNC(=O)[C@H](CCCNC(N)=O)CC(=O)[C@@H](NC(=O)CCCCCN1C(=O)CC(SC)C1=O)C(C)C. The Balaban J connectivity index is 2.52. The number of hydrogen-bond acceptors (Lipinski definition) is 7. The largest absolute Gasteiger partial charge is 0.359 e. The molecule has 0 aromatic carbocycles. The van der Waals surface area contributed by atoms with E-state index in [0.717, 1.165) is 0 Å². The fourth-order valence-electron chi connectivity index (χ4n) is 4.07. The number of ketones is 1. The summed E-state index contributed by atoms with van der Waals surface area (Å²) in [7, 11) is -0.314. The van der Waals surface area contributed by atoms with Crippen molar-refractivity contribution in [2.45, 2.75) is 76.5 Å². The monoisotopic (exact) mass is 528 g/mol. The lowest BCUT2D eigenvalue weighted by molar-refractivity contribution is -0.138. The van der Waals surface area contributed by atoms with Crippen molar-refractivity contribution in [2.24, 2.45) is 17.6 Å². The van der Waals surface area contributed by atoms with Crippen LogP contribution in [0.5, 0.6) is 0 Å². The number of rotatable bonds is 17. The number of unbranched alkanes of at least 4 members (excludes halogenated alkanes) is 2. The average Bonchev–Trinajstić information content (AvgIpc) is 3.11. The molecule has 1 rings (SSSR count). The van der Waals surface area contributed by atoms with Gasteiger partial charge in [0.25, 0.3) is 0 Å². The molecular weight excluding hydrogens is 486 g/mol. The van der Waals surface area contributed by atoms with Crippen molar-refractivity contribution >= 4 is 47.2 Å². The fraction of sp³-hybridized carbons (Fsp3) is 0.750. The van der Waals surface area contributed by atoms with Crippen molar-refractivity contribution in [3.63, 3.8) is 0 Å². The van der Waals surface area contributed by atoms with E-state index in [1.807, 2.05) is 20.1 Å². The van der Waals surface area contributed by atoms with Crippen LogP contribution in [-0.4, -0.2) is 78.0 Å². The average molecular weight is 529 g/mol. The summed E-state index contributed by atoms with van der Waals surface area (Å²) in [6.07, 6.45) is 4.71. The van der Waals surface area contributed by atoms with Crippen molar-refractivity contribution < 1.29 is 30.1 Å². The zero-order chi connectivity index (χ0) is 28.0. The van der Waals surface area contributed by atoms with Crippen LogP contribution in [0.2, 0.25) is 0 Å². The first kappa shape index (κ1) is 29.6. The van der Waals surface area contributed by atoms with E-state index in [1.165, 1.54) is 16.7 Å². The number of hydrogen-bond donors (Lipinski definition) is 4. The number of nitrogens with one attached hydrogen (secondary N) is 3. The number of nitrogens with zero attached hydrogens (tertiary/aromatic N) is 1. The molecule has 36 heavy (non-hydrogen) atoms. The lowest BCUT2D eigenvalue weighted by Crippen LogP contribution is -2.45. The molecule has 1 aliphatic heterocycles. The van der Waals surface area contributed by atoms with E-state index in [1.54, 1.807) is 0 Å². The summed E-state index contributed by atoms with van der Waals surface area (Å²) in [4.78, 5) is 74.2. The van der Waals surface area contributed by atoms with Crippen molar-refractivity contribution in [1.29, 1.82) is 0 Å². The van der Waals surface area contributed by atoms with Gasteiger partial charge in [0.1, 0.15) is 0 Å². The first-order valence-electron chi connectivity index (χ1n) is 13.0. The van der Waals surface area contributed by atoms with Crippen LogP contribution in [0.4, 0.5) is 4.79 Å². The van der Waals surface area contributed by atoms with Crippen LogP contribution < -0.4 is 21.7 Å². The van der Waals surface area contributed by atoms with Gasteiger partial charge in [-0.1, -0.05) is 20.3 Å². The van der Waals surface area contributed by atoms with Gasteiger partial charge >= 0.3 is 6.03 Å². The quantitative estimate of drug-likeness (QED) is 0.161. The summed E-state index contributed by atoms with van der Waals surface area (Å²) in [5.41, 5.74) is 5.04. The van der Waals surface area contributed by atoms with E-state index in [4.69, 9.17) is 7.10 Å². The van der Waals surface area contributed by atoms with Gasteiger partial charge in [-0.05, 0) is 37.9 Å². The van der Waals surface area contributed by atoms with E-state index in [9.17, 15) is 28.8 Å². The number of thioether (sulfide) groups is 1. The number of carbonyl (C=O) groups is 6. The molecule has 1 unspecified atom stereocenters. The van der Waals surface area contributed by atoms with Gasteiger partial charge in [0.15, 0.2) is 5.78 Å². The molecular formula is C24H41N5O6S. The highest BCUT2D eigenvalue weighted by Gasteiger charge is 2.37. The van der Waals surface area contributed by atoms with Gasteiger partial charge < -0.3 is 21.7 Å². The van der Waals surface area contributed by atoms with Crippen LogP contribution in [0.15, 0.2) is 0 Å². The van der Waals surface area contributed by atoms with Gasteiger partial charge in [-0.15, -0.1) is 0 Å². The van der Waals surface area contributed by atoms with Gasteiger partial charge in [-0.3, -0.25) is 28.9 Å². The maximum Gasteiger partial charge on any atom is 0.312 e. The molecule has 0 aromatic heterocycles. The molecule has 1 heterocycles. The van der Waals surface area contributed by atoms with Crippen LogP contribution >= 0.6 is 11.8 Å². The third-order valence-corrected chi connectivity index (χ3v) is 7.06. The molecule has 5 N–H and O–H groups in total. The molecule has 1 aliphatic rings. The molecule has 1 fully saturated rings. The minimum absolute atomic E-state index is 0.0968. The summed E-state index contributed by atoms with van der Waals surface area (Å²) in [6.45, 7) is 4.23. The summed E-state index contributed by atoms with van der Waals surface area (Å²) >= 11 is 1.38. The van der Waals surface area contributed by atoms with E-state index < -0.39 is 23.9 Å². The number of carbonyl (C=O) groups excluding carboxylic acids is 6. The molecule has 0 spiro atoms. The van der Waals surface area contributed by atoms with Gasteiger partial charge in [0, 0.05) is 46.7 Å². The Bertz CT molecular complexity index is 827. The molecule has 0 aliphatic carbocycles. The van der Waals surface area contributed by atoms with Gasteiger partial charge in [-0.25, -0.2) is 4.79 Å². The van der Waals surface area contributed by atoms with Crippen LogP contribution in [-0.2, 0) is 24.0 Å². The molecule has 12 heteroatoms. The van der Waals surface area contributed by atoms with Crippen molar-refractivity contribution in [2.75, 3.05) is 26.4 Å². The Morgan fingerprint density at radius 2 is 1.89 bits per heavy atom. The summed E-state index contributed by atoms with van der Waals surface area (Å²) in [6, 6.07) is -1.43. The number of imide groups is 1. The highest BCUT2D eigenvalue weighted by molar-refractivity contribution is 8.00. The second-order valence-electron chi connectivity index (χ2n) is 9.25. The Morgan fingerprint density at radius 1 is 1.17 bits per heavy atom. The van der Waals surface area contributed by atoms with E-state index in [-0.39, 0.29) is 67.5 Å². The standard InChI is InChI=1S/C24H41N5O6S/c1-15(2)21(17(30)13-16(22(33)26-3)9-8-11-27-24(25)35)28-19(31)10-6-5-7-12-29-20(32)14-18(36-4)23(29)34/h15-16,18,21H,5-14H2,1-4H3,(H,26,33)(H,28,31)(H3,25,27,35)/t16-,18?,21+/m1/s1/i3D. The van der Waals surface area contributed by atoms with Crippen LogP contribution in [0, 0.1) is 11.8 Å². The van der Waals surface area contributed by atoms with Gasteiger partial charge in [-0.2, -0.15) is 11.8 Å². The minimum Gasteiger partial charge on any atom is -0.359 e. The molecule has 204 valence electrons. The van der Waals surface area contributed by atoms with Crippen molar-refractivity contribution in [3.8, 4) is 0 Å². The first-order chi connectivity index (χ1) is 17.5. The second kappa shape index (κ2) is 16.2. The van der Waals surface area contributed by atoms with E-state index in [0.29, 0.717) is 38.6 Å². The number of nitrogens with two attached hydrogens (primary N) is 1. The van der Waals surface area contributed by atoms with Crippen LogP contribution in [0.3, 0.4) is 0 Å². The highest BCUT2D eigenvalue weighted by atomic mass is 32.2. The molecule has 0 aromatic rings. The Labute approximate surface area is 218 Å². The molecule has 11 nitrogen and oxygen atoms in total. The van der Waals surface area contributed by atoms with E-state index >= 15 is 0 Å². The number of likely N-dealkylation sites (tertiary alicyclic amines) is 1. The Hall–Kier alpha value is -2.63. The number of amides is 6. The predicted octanol–water partition coefficient (Wildman–Crippen LogP) is 0.948. The lowest BCUT2D eigenvalue weighted by atomic mass is 9.89. The van der Waals surface area contributed by atoms with Crippen LogP contribution in [0.1, 0.15) is 66.6 Å². The molecule has 1 saturated heterocycles. The Morgan fingerprint density at radius 3 is 2.47 bits per heavy atom. The molecule has 6 amide bonds. The van der Waals surface area contributed by atoms with Crippen molar-refractivity contribution in [1.82, 2.24) is 20.9 Å². The number of Topliss-reactive ketones (excluding diaryl/α,β-unsaturated/α-hetero) is 1. The molecule has 0 bridgehead atoms. The third-order valence-electron chi connectivity index (χ3n) is 6.12. The Kier molecular flexibility index (Phi) is 13.3. The minimum atomic E-state index is -0.758. The smallest absolute Gasteiger partial charge is 0.312 e. The summed E-state index contributed by atoms with van der Waals surface area (Å²) < 4.78 is 7.22. The maximum absolute atomic E-state index is 13.0. The molecule has 0 radical (unpaired) electrons. The number of primary amides is 1. The van der Waals surface area contributed by atoms with Crippen molar-refractivity contribution in [3.05, 3.63) is 0 Å². The van der Waals surface area contributed by atoms with Gasteiger partial charge in [0.05, 0.1) is 11.3 Å².